The number of rotatable bonds is 3. The first kappa shape index (κ1) is 14.0. The normalized spacial score (nSPS) is 31.9. The zero-order valence-corrected chi connectivity index (χ0v) is 13.8. The van der Waals surface area contributed by atoms with E-state index in [-0.39, 0.29) is 17.2 Å². The molecule has 1 aromatic carbocycles. The summed E-state index contributed by atoms with van der Waals surface area (Å²) in [7, 11) is 0. The van der Waals surface area contributed by atoms with E-state index in [1.165, 1.54) is 25.7 Å². The average Bonchev–Trinajstić information content (AvgIpc) is 3.06. The molecule has 1 aromatic rings. The van der Waals surface area contributed by atoms with Crippen molar-refractivity contribution in [2.45, 2.75) is 32.6 Å². The molecule has 2 saturated carbocycles. The van der Waals surface area contributed by atoms with Crippen LogP contribution in [0.3, 0.4) is 0 Å². The van der Waals surface area contributed by atoms with Crippen LogP contribution in [0.4, 0.5) is 0 Å². The van der Waals surface area contributed by atoms with Gasteiger partial charge in [-0.05, 0) is 52.8 Å². The van der Waals surface area contributed by atoms with Crippen molar-refractivity contribution < 1.29 is 4.79 Å². The predicted octanol–water partition coefficient (Wildman–Crippen LogP) is 3.57. The van der Waals surface area contributed by atoms with Crippen molar-refractivity contribution in [2.24, 2.45) is 22.4 Å². The summed E-state index contributed by atoms with van der Waals surface area (Å²) in [4.78, 5) is 12.2. The molecule has 0 aromatic heterocycles. The molecule has 0 bridgehead atoms. The van der Waals surface area contributed by atoms with E-state index in [0.29, 0.717) is 5.92 Å². The number of halogens is 1. The molecule has 2 aliphatic rings. The Morgan fingerprint density at radius 2 is 2.25 bits per heavy atom. The van der Waals surface area contributed by atoms with Crippen LogP contribution in [-0.4, -0.2) is 12.1 Å². The molecule has 3 rings (SSSR count). The number of nitrogens with one attached hydrogen (secondary N) is 1. The highest BCUT2D eigenvalue weighted by atomic mass is 127. The Kier molecular flexibility index (Phi) is 3.84. The number of benzene rings is 1. The number of hydrogen-bond donors (Lipinski definition) is 1. The lowest BCUT2D eigenvalue weighted by atomic mass is 9.90. The largest absolute Gasteiger partial charge is 0.273 e. The van der Waals surface area contributed by atoms with Crippen molar-refractivity contribution in [2.75, 3.05) is 0 Å². The van der Waals surface area contributed by atoms with Gasteiger partial charge < -0.3 is 0 Å². The fraction of sp³-hybridized carbons (Fsp3) is 0.500. The second-order valence-electron chi connectivity index (χ2n) is 6.09. The first-order valence-corrected chi connectivity index (χ1v) is 8.28. The Morgan fingerprint density at radius 3 is 2.95 bits per heavy atom. The number of nitrogens with zero attached hydrogens (tertiary/aromatic N) is 1. The summed E-state index contributed by atoms with van der Waals surface area (Å²) in [6.07, 6.45) is 6.66. The van der Waals surface area contributed by atoms with Gasteiger partial charge in [0.15, 0.2) is 0 Å². The summed E-state index contributed by atoms with van der Waals surface area (Å²) < 4.78 is 1.13. The number of hydrazone groups is 1. The van der Waals surface area contributed by atoms with E-state index in [1.54, 1.807) is 6.21 Å². The van der Waals surface area contributed by atoms with Gasteiger partial charge in [-0.3, -0.25) is 4.79 Å². The molecule has 20 heavy (non-hydrogen) atoms. The molecule has 0 saturated heterocycles. The number of carbonyl (C=O) groups excluding carboxylic acids is 1. The van der Waals surface area contributed by atoms with Gasteiger partial charge in [0.1, 0.15) is 0 Å². The maximum absolute atomic E-state index is 12.2. The van der Waals surface area contributed by atoms with Gasteiger partial charge in [-0.2, -0.15) is 5.10 Å². The number of fused-ring (bicyclic) bond motifs is 1. The fourth-order valence-corrected chi connectivity index (χ4v) is 4.19. The van der Waals surface area contributed by atoms with Crippen molar-refractivity contribution >= 4 is 34.7 Å². The van der Waals surface area contributed by atoms with Crippen LogP contribution < -0.4 is 5.43 Å². The molecular formula is C16H19IN2O. The van der Waals surface area contributed by atoms with Crippen LogP contribution in [0.2, 0.25) is 0 Å². The first-order valence-electron chi connectivity index (χ1n) is 7.20. The minimum absolute atomic E-state index is 0.0987. The van der Waals surface area contributed by atoms with Gasteiger partial charge in [0, 0.05) is 15.1 Å². The molecule has 1 N–H and O–H groups in total. The molecule has 0 unspecified atom stereocenters. The van der Waals surface area contributed by atoms with Gasteiger partial charge in [0.25, 0.3) is 0 Å². The topological polar surface area (TPSA) is 41.5 Å². The van der Waals surface area contributed by atoms with Gasteiger partial charge >= 0.3 is 0 Å². The molecule has 106 valence electrons. The lowest BCUT2D eigenvalue weighted by Crippen LogP contribution is -2.22. The van der Waals surface area contributed by atoms with Crippen LogP contribution in [-0.2, 0) is 4.79 Å². The molecule has 3 atom stereocenters. The predicted molar refractivity (Wildman–Crippen MR) is 88.5 cm³/mol. The standard InChI is InChI=1S/C16H19IN2O/c1-16-9-5-4-7-12(16)14(16)15(20)19-18-10-11-6-2-3-8-13(11)17/h2-3,6,8,10,12,14H,4-5,7,9H2,1H3,(H,19,20)/b18-10-/t12-,14+,16-/m0/s1. The zero-order valence-electron chi connectivity index (χ0n) is 11.6. The highest BCUT2D eigenvalue weighted by molar-refractivity contribution is 14.1. The number of amides is 1. The number of carbonyl (C=O) groups is 1. The van der Waals surface area contributed by atoms with Crippen LogP contribution in [0.5, 0.6) is 0 Å². The second-order valence-corrected chi connectivity index (χ2v) is 7.25. The van der Waals surface area contributed by atoms with Gasteiger partial charge in [-0.25, -0.2) is 5.43 Å². The van der Waals surface area contributed by atoms with Crippen LogP contribution in [0.1, 0.15) is 38.2 Å². The summed E-state index contributed by atoms with van der Waals surface area (Å²) >= 11 is 2.27. The van der Waals surface area contributed by atoms with Crippen molar-refractivity contribution in [3.8, 4) is 0 Å². The summed E-state index contributed by atoms with van der Waals surface area (Å²) in [6.45, 7) is 2.25. The maximum atomic E-state index is 12.2. The SMILES string of the molecule is C[C@]12CCCC[C@H]1[C@@H]2C(=O)N/N=C\c1ccccc1I. The summed E-state index contributed by atoms with van der Waals surface area (Å²) in [5.41, 5.74) is 4.01. The van der Waals surface area contributed by atoms with E-state index in [4.69, 9.17) is 0 Å². The Bertz CT molecular complexity index is 557. The molecule has 0 heterocycles. The highest BCUT2D eigenvalue weighted by Gasteiger charge is 2.64. The molecule has 3 nitrogen and oxygen atoms in total. The number of hydrogen-bond acceptors (Lipinski definition) is 2. The van der Waals surface area contributed by atoms with Crippen molar-refractivity contribution in [3.63, 3.8) is 0 Å². The van der Waals surface area contributed by atoms with Gasteiger partial charge in [0.05, 0.1) is 6.21 Å². The molecular weight excluding hydrogens is 363 g/mol. The second kappa shape index (κ2) is 5.47. The Labute approximate surface area is 133 Å². The minimum atomic E-state index is 0.0987. The third-order valence-corrected chi connectivity index (χ3v) is 5.88. The lowest BCUT2D eigenvalue weighted by molar-refractivity contribution is -0.123. The van der Waals surface area contributed by atoms with E-state index >= 15 is 0 Å². The fourth-order valence-electron chi connectivity index (χ4n) is 3.67. The van der Waals surface area contributed by atoms with Gasteiger partial charge in [-0.1, -0.05) is 38.0 Å². The molecule has 2 aliphatic carbocycles. The minimum Gasteiger partial charge on any atom is -0.273 e. The third kappa shape index (κ3) is 2.50. The van der Waals surface area contributed by atoms with Gasteiger partial charge in [0.2, 0.25) is 5.91 Å². The maximum Gasteiger partial charge on any atom is 0.244 e. The van der Waals surface area contributed by atoms with Crippen LogP contribution in [0, 0.1) is 20.8 Å². The van der Waals surface area contributed by atoms with E-state index in [2.05, 4.69) is 40.0 Å². The van der Waals surface area contributed by atoms with Crippen LogP contribution in [0.15, 0.2) is 29.4 Å². The van der Waals surface area contributed by atoms with E-state index in [1.807, 2.05) is 24.3 Å². The van der Waals surface area contributed by atoms with E-state index < -0.39 is 0 Å². The average molecular weight is 382 g/mol. The Morgan fingerprint density at radius 1 is 1.45 bits per heavy atom. The highest BCUT2D eigenvalue weighted by Crippen LogP contribution is 2.66. The van der Waals surface area contributed by atoms with E-state index in [0.717, 1.165) is 9.13 Å². The lowest BCUT2D eigenvalue weighted by Gasteiger charge is -2.15. The Hall–Kier alpha value is -0.910. The molecule has 0 aliphatic heterocycles. The monoisotopic (exact) mass is 382 g/mol. The summed E-state index contributed by atoms with van der Waals surface area (Å²) in [5.74, 6) is 0.863. The van der Waals surface area contributed by atoms with Crippen molar-refractivity contribution in [1.29, 1.82) is 0 Å². The van der Waals surface area contributed by atoms with Crippen molar-refractivity contribution in [1.82, 2.24) is 5.43 Å². The smallest absolute Gasteiger partial charge is 0.244 e. The van der Waals surface area contributed by atoms with E-state index in [9.17, 15) is 4.79 Å². The molecule has 0 spiro atoms. The quantitative estimate of drug-likeness (QED) is 0.485. The summed E-state index contributed by atoms with van der Waals surface area (Å²) in [6, 6.07) is 7.99. The Balaban J connectivity index is 1.60. The third-order valence-electron chi connectivity index (χ3n) is 4.90. The molecule has 1 amide bonds. The van der Waals surface area contributed by atoms with Crippen LogP contribution in [0.25, 0.3) is 0 Å². The summed E-state index contributed by atoms with van der Waals surface area (Å²) in [5, 5.41) is 4.12. The molecule has 0 radical (unpaired) electrons. The molecule has 2 fully saturated rings. The van der Waals surface area contributed by atoms with Crippen LogP contribution >= 0.6 is 22.6 Å². The zero-order chi connectivity index (χ0) is 14.2. The first-order chi connectivity index (χ1) is 9.63. The van der Waals surface area contributed by atoms with Crippen molar-refractivity contribution in [3.05, 3.63) is 33.4 Å². The molecule has 4 heteroatoms. The van der Waals surface area contributed by atoms with Gasteiger partial charge in [-0.15, -0.1) is 0 Å².